The zero-order valence-corrected chi connectivity index (χ0v) is 16.9. The number of anilines is 1. The molecule has 0 unspecified atom stereocenters. The van der Waals surface area contributed by atoms with Crippen molar-refractivity contribution >= 4 is 40.5 Å². The average molecular weight is 414 g/mol. The molecule has 0 spiro atoms. The maximum Gasteiger partial charge on any atom is 0.235 e. The molecular formula is C20H22N4O4S. The largest absolute Gasteiger partial charge is 0.440 e. The first-order valence-electron chi connectivity index (χ1n) is 9.52. The van der Waals surface area contributed by atoms with Gasteiger partial charge in [0.2, 0.25) is 11.8 Å². The fraction of sp³-hybridized carbons (Fsp3) is 0.400. The lowest BCUT2D eigenvalue weighted by Crippen LogP contribution is -2.39. The van der Waals surface area contributed by atoms with Crippen LogP contribution in [-0.4, -0.2) is 51.5 Å². The zero-order valence-electron chi connectivity index (χ0n) is 16.1. The Balaban J connectivity index is 1.20. The second-order valence-corrected chi connectivity index (χ2v) is 8.02. The minimum Gasteiger partial charge on any atom is -0.440 e. The Morgan fingerprint density at radius 2 is 2.03 bits per heavy atom. The van der Waals surface area contributed by atoms with Crippen molar-refractivity contribution in [2.75, 3.05) is 29.9 Å². The molecular weight excluding hydrogens is 392 g/mol. The van der Waals surface area contributed by atoms with E-state index in [0.717, 1.165) is 29.8 Å². The van der Waals surface area contributed by atoms with Gasteiger partial charge in [-0.05, 0) is 31.9 Å². The summed E-state index contributed by atoms with van der Waals surface area (Å²) >= 11 is 1.30. The Morgan fingerprint density at radius 3 is 2.76 bits per heavy atom. The van der Waals surface area contributed by atoms with E-state index in [4.69, 9.17) is 8.94 Å². The van der Waals surface area contributed by atoms with E-state index in [-0.39, 0.29) is 29.2 Å². The number of amides is 2. The van der Waals surface area contributed by atoms with Crippen LogP contribution in [0.15, 0.2) is 39.3 Å². The molecule has 8 nitrogen and oxygen atoms in total. The summed E-state index contributed by atoms with van der Waals surface area (Å²) in [6.45, 7) is 3.10. The molecule has 1 aliphatic heterocycles. The molecule has 0 bridgehead atoms. The number of carbonyl (C=O) groups excluding carboxylic acids is 2. The van der Waals surface area contributed by atoms with Crippen LogP contribution in [0.5, 0.6) is 0 Å². The van der Waals surface area contributed by atoms with E-state index < -0.39 is 0 Å². The van der Waals surface area contributed by atoms with Crippen molar-refractivity contribution in [3.63, 3.8) is 0 Å². The predicted molar refractivity (Wildman–Crippen MR) is 110 cm³/mol. The molecule has 2 aromatic heterocycles. The molecule has 2 amide bonds. The second kappa shape index (κ2) is 8.69. The Morgan fingerprint density at radius 1 is 1.24 bits per heavy atom. The van der Waals surface area contributed by atoms with Gasteiger partial charge in [0.05, 0.1) is 11.5 Å². The van der Waals surface area contributed by atoms with Gasteiger partial charge in [-0.3, -0.25) is 9.59 Å². The second-order valence-electron chi connectivity index (χ2n) is 7.04. The molecule has 1 aromatic carbocycles. The van der Waals surface area contributed by atoms with Crippen molar-refractivity contribution in [3.8, 4) is 0 Å². The van der Waals surface area contributed by atoms with E-state index in [1.807, 2.05) is 29.2 Å². The molecule has 4 rings (SSSR count). The van der Waals surface area contributed by atoms with Crippen LogP contribution in [0, 0.1) is 6.92 Å². The van der Waals surface area contributed by atoms with E-state index in [1.165, 1.54) is 11.8 Å². The Kier molecular flexibility index (Phi) is 5.84. The molecule has 9 heteroatoms. The summed E-state index contributed by atoms with van der Waals surface area (Å²) in [5.41, 5.74) is 1.67. The molecule has 3 heterocycles. The maximum absolute atomic E-state index is 12.4. The highest BCUT2D eigenvalue weighted by molar-refractivity contribution is 8.00. The molecule has 29 heavy (non-hydrogen) atoms. The fourth-order valence-corrected chi connectivity index (χ4v) is 4.08. The smallest absolute Gasteiger partial charge is 0.235 e. The van der Waals surface area contributed by atoms with Gasteiger partial charge < -0.3 is 19.2 Å². The van der Waals surface area contributed by atoms with Crippen LogP contribution in [0.25, 0.3) is 11.1 Å². The van der Waals surface area contributed by atoms with E-state index in [0.29, 0.717) is 24.7 Å². The van der Waals surface area contributed by atoms with E-state index in [9.17, 15) is 9.59 Å². The van der Waals surface area contributed by atoms with E-state index in [1.54, 1.807) is 13.0 Å². The number of oxazole rings is 1. The van der Waals surface area contributed by atoms with Crippen LogP contribution in [-0.2, 0) is 9.59 Å². The first-order chi connectivity index (χ1) is 14.1. The number of para-hydroxylation sites is 2. The fourth-order valence-electron chi connectivity index (χ4n) is 3.37. The lowest BCUT2D eigenvalue weighted by atomic mass is 9.97. The topological polar surface area (TPSA) is 101 Å². The van der Waals surface area contributed by atoms with Crippen LogP contribution < -0.4 is 5.32 Å². The van der Waals surface area contributed by atoms with Crippen molar-refractivity contribution < 1.29 is 18.5 Å². The number of rotatable bonds is 6. The van der Waals surface area contributed by atoms with Crippen molar-refractivity contribution in [2.45, 2.75) is 25.7 Å². The third-order valence-electron chi connectivity index (χ3n) is 4.86. The summed E-state index contributed by atoms with van der Waals surface area (Å²) in [5, 5.41) is 6.36. The van der Waals surface area contributed by atoms with Crippen molar-refractivity contribution in [1.29, 1.82) is 0 Å². The Bertz CT molecular complexity index is 974. The lowest BCUT2D eigenvalue weighted by Gasteiger charge is -2.30. The van der Waals surface area contributed by atoms with Crippen molar-refractivity contribution in [1.82, 2.24) is 15.0 Å². The molecule has 0 saturated carbocycles. The summed E-state index contributed by atoms with van der Waals surface area (Å²) in [6, 6.07) is 9.39. The number of benzene rings is 1. The van der Waals surface area contributed by atoms with E-state index in [2.05, 4.69) is 15.5 Å². The number of likely N-dealkylation sites (tertiary alicyclic amines) is 1. The van der Waals surface area contributed by atoms with Gasteiger partial charge >= 0.3 is 0 Å². The predicted octanol–water partition coefficient (Wildman–Crippen LogP) is 3.20. The molecule has 1 aliphatic rings. The van der Waals surface area contributed by atoms with Crippen molar-refractivity contribution in [3.05, 3.63) is 42.0 Å². The number of nitrogens with zero attached hydrogens (tertiary/aromatic N) is 3. The van der Waals surface area contributed by atoms with Gasteiger partial charge in [0, 0.05) is 25.1 Å². The van der Waals surface area contributed by atoms with Gasteiger partial charge in [-0.1, -0.05) is 17.3 Å². The summed E-state index contributed by atoms with van der Waals surface area (Å²) < 4.78 is 10.8. The summed E-state index contributed by atoms with van der Waals surface area (Å²) in [7, 11) is 0. The lowest BCUT2D eigenvalue weighted by molar-refractivity contribution is -0.129. The summed E-state index contributed by atoms with van der Waals surface area (Å²) in [4.78, 5) is 30.8. The molecule has 1 fully saturated rings. The van der Waals surface area contributed by atoms with E-state index >= 15 is 0 Å². The third kappa shape index (κ3) is 4.79. The number of thioether (sulfide) groups is 1. The molecule has 0 atom stereocenters. The van der Waals surface area contributed by atoms with Gasteiger partial charge in [-0.15, -0.1) is 11.8 Å². The first-order valence-corrected chi connectivity index (χ1v) is 10.7. The molecule has 0 aliphatic carbocycles. The van der Waals surface area contributed by atoms with Crippen LogP contribution in [0.4, 0.5) is 5.82 Å². The number of aromatic nitrogens is 2. The monoisotopic (exact) mass is 414 g/mol. The highest BCUT2D eigenvalue weighted by atomic mass is 32.2. The number of fused-ring (bicyclic) bond motifs is 1. The van der Waals surface area contributed by atoms with Gasteiger partial charge in [0.1, 0.15) is 11.3 Å². The van der Waals surface area contributed by atoms with Crippen LogP contribution >= 0.6 is 11.8 Å². The number of aryl methyl sites for hydroxylation is 1. The number of carbonyl (C=O) groups is 2. The molecule has 1 N–H and O–H groups in total. The average Bonchev–Trinajstić information content (AvgIpc) is 3.34. The molecule has 1 saturated heterocycles. The third-order valence-corrected chi connectivity index (χ3v) is 5.78. The van der Waals surface area contributed by atoms with Gasteiger partial charge in [0.25, 0.3) is 0 Å². The van der Waals surface area contributed by atoms with Gasteiger partial charge in [-0.2, -0.15) is 0 Å². The minimum absolute atomic E-state index is 0.0519. The molecule has 152 valence electrons. The number of nitrogens with one attached hydrogen (secondary N) is 1. The maximum atomic E-state index is 12.4. The Hall–Kier alpha value is -2.81. The quantitative estimate of drug-likeness (QED) is 0.661. The van der Waals surface area contributed by atoms with Gasteiger partial charge in [-0.25, -0.2) is 4.98 Å². The number of piperidine rings is 1. The first kappa shape index (κ1) is 19.5. The van der Waals surface area contributed by atoms with Crippen LogP contribution in [0.3, 0.4) is 0 Å². The Labute approximate surface area is 172 Å². The molecule has 3 aromatic rings. The van der Waals surface area contributed by atoms with Gasteiger partial charge in [0.15, 0.2) is 17.3 Å². The highest BCUT2D eigenvalue weighted by Crippen LogP contribution is 2.30. The van der Waals surface area contributed by atoms with Crippen LogP contribution in [0.2, 0.25) is 0 Å². The highest BCUT2D eigenvalue weighted by Gasteiger charge is 2.27. The normalized spacial score (nSPS) is 15.0. The zero-order chi connectivity index (χ0) is 20.2. The van der Waals surface area contributed by atoms with Crippen LogP contribution in [0.1, 0.15) is 30.4 Å². The minimum atomic E-state index is -0.203. The molecule has 0 radical (unpaired) electrons. The van der Waals surface area contributed by atoms with Crippen molar-refractivity contribution in [2.24, 2.45) is 0 Å². The number of hydrogen-bond acceptors (Lipinski definition) is 7. The summed E-state index contributed by atoms with van der Waals surface area (Å²) in [6.07, 6.45) is 1.66. The summed E-state index contributed by atoms with van der Waals surface area (Å²) in [5.74, 6) is 2.32. The standard InChI is InChI=1S/C20H22N4O4S/c1-13-10-17(23-28-13)22-18(25)11-29-12-19(26)24-8-6-14(7-9-24)20-21-15-4-2-3-5-16(15)27-20/h2-5,10,14H,6-9,11-12H2,1H3,(H,22,23,25). The SMILES string of the molecule is Cc1cc(NC(=O)CSCC(=O)N2CCC(c3nc4ccccc4o3)CC2)no1. The number of hydrogen-bond donors (Lipinski definition) is 1.